The number of hydrogen-bond donors (Lipinski definition) is 1. The highest BCUT2D eigenvalue weighted by molar-refractivity contribution is 4.61. The van der Waals surface area contributed by atoms with Crippen LogP contribution in [0.5, 0.6) is 0 Å². The summed E-state index contributed by atoms with van der Waals surface area (Å²) in [5.74, 6) is 0. The molecule has 1 fully saturated rings. The van der Waals surface area contributed by atoms with Gasteiger partial charge in [-0.05, 0) is 26.7 Å². The van der Waals surface area contributed by atoms with Crippen LogP contribution < -0.4 is 5.43 Å². The molecule has 16 heavy (non-hydrogen) atoms. The summed E-state index contributed by atoms with van der Waals surface area (Å²) in [7, 11) is 0. The van der Waals surface area contributed by atoms with E-state index in [4.69, 9.17) is 9.47 Å². The Labute approximate surface area is 99.3 Å². The Kier molecular flexibility index (Phi) is 7.76. The fourth-order valence-corrected chi connectivity index (χ4v) is 1.98. The Balaban J connectivity index is 2.06. The van der Waals surface area contributed by atoms with E-state index in [-0.39, 0.29) is 6.29 Å². The van der Waals surface area contributed by atoms with Gasteiger partial charge in [-0.1, -0.05) is 6.42 Å². The number of piperidine rings is 1. The molecule has 0 saturated carbocycles. The quantitative estimate of drug-likeness (QED) is 0.644. The summed E-state index contributed by atoms with van der Waals surface area (Å²) in [5, 5.41) is 2.32. The Hall–Kier alpha value is -0.160. The van der Waals surface area contributed by atoms with Crippen LogP contribution in [0.2, 0.25) is 0 Å². The zero-order valence-electron chi connectivity index (χ0n) is 10.7. The van der Waals surface area contributed by atoms with Crippen molar-refractivity contribution in [3.05, 3.63) is 0 Å². The van der Waals surface area contributed by atoms with E-state index >= 15 is 0 Å². The molecule has 0 bridgehead atoms. The predicted molar refractivity (Wildman–Crippen MR) is 65.1 cm³/mol. The molecule has 0 atom stereocenters. The van der Waals surface area contributed by atoms with Crippen LogP contribution in [0, 0.1) is 0 Å². The van der Waals surface area contributed by atoms with Crippen LogP contribution in [0.15, 0.2) is 0 Å². The third kappa shape index (κ3) is 5.80. The van der Waals surface area contributed by atoms with Crippen LogP contribution in [0.4, 0.5) is 0 Å². The second-order valence-electron chi connectivity index (χ2n) is 4.08. The van der Waals surface area contributed by atoms with Crippen LogP contribution in [0.1, 0.15) is 39.5 Å². The maximum Gasteiger partial charge on any atom is 0.158 e. The number of nitrogens with zero attached hydrogens (tertiary/aromatic N) is 1. The van der Waals surface area contributed by atoms with Gasteiger partial charge in [-0.2, -0.15) is 0 Å². The number of nitrogens with one attached hydrogen (secondary N) is 1. The standard InChI is InChI=1S/C12H26N2O2/c1-3-15-12(16-4-2)8-9-13-14-10-6-5-7-11-14/h12-13H,3-11H2,1-2H3. The molecule has 1 aliphatic rings. The molecule has 4 heteroatoms. The van der Waals surface area contributed by atoms with Gasteiger partial charge in [0.05, 0.1) is 0 Å². The van der Waals surface area contributed by atoms with Gasteiger partial charge in [0.1, 0.15) is 0 Å². The second-order valence-corrected chi connectivity index (χ2v) is 4.08. The van der Waals surface area contributed by atoms with Crippen LogP contribution in [0.3, 0.4) is 0 Å². The van der Waals surface area contributed by atoms with E-state index in [0.29, 0.717) is 13.2 Å². The van der Waals surface area contributed by atoms with Crippen molar-refractivity contribution in [2.24, 2.45) is 0 Å². The summed E-state index contributed by atoms with van der Waals surface area (Å²) < 4.78 is 11.0. The summed E-state index contributed by atoms with van der Waals surface area (Å²) >= 11 is 0. The minimum Gasteiger partial charge on any atom is -0.353 e. The van der Waals surface area contributed by atoms with Crippen LogP contribution >= 0.6 is 0 Å². The van der Waals surface area contributed by atoms with Gasteiger partial charge < -0.3 is 9.47 Å². The van der Waals surface area contributed by atoms with Gasteiger partial charge in [-0.3, -0.25) is 5.43 Å². The molecule has 0 aliphatic carbocycles. The third-order valence-corrected chi connectivity index (χ3v) is 2.78. The minimum absolute atomic E-state index is 0.0488. The first kappa shape index (κ1) is 13.9. The van der Waals surface area contributed by atoms with Gasteiger partial charge in [0, 0.05) is 39.3 Å². The first-order chi connectivity index (χ1) is 7.86. The number of rotatable bonds is 8. The summed E-state index contributed by atoms with van der Waals surface area (Å²) in [4.78, 5) is 0. The molecule has 0 unspecified atom stereocenters. The van der Waals surface area contributed by atoms with Crippen molar-refractivity contribution in [3.8, 4) is 0 Å². The summed E-state index contributed by atoms with van der Waals surface area (Å²) in [6, 6.07) is 0. The van der Waals surface area contributed by atoms with Crippen LogP contribution in [-0.2, 0) is 9.47 Å². The summed E-state index contributed by atoms with van der Waals surface area (Å²) in [6.07, 6.45) is 4.87. The average Bonchev–Trinajstić information content (AvgIpc) is 2.31. The average molecular weight is 230 g/mol. The second kappa shape index (κ2) is 8.93. The van der Waals surface area contributed by atoms with Crippen molar-refractivity contribution in [1.29, 1.82) is 0 Å². The summed E-state index contributed by atoms with van der Waals surface area (Å²) in [5.41, 5.74) is 3.44. The lowest BCUT2D eigenvalue weighted by molar-refractivity contribution is -0.140. The SMILES string of the molecule is CCOC(CCNN1CCCCC1)OCC. The van der Waals surface area contributed by atoms with Gasteiger partial charge in [0.25, 0.3) is 0 Å². The topological polar surface area (TPSA) is 33.7 Å². The molecule has 1 rings (SSSR count). The minimum atomic E-state index is -0.0488. The molecule has 0 aromatic rings. The zero-order chi connectivity index (χ0) is 11.6. The van der Waals surface area contributed by atoms with Crippen molar-refractivity contribution in [3.63, 3.8) is 0 Å². The molecule has 0 amide bonds. The monoisotopic (exact) mass is 230 g/mol. The molecule has 96 valence electrons. The van der Waals surface area contributed by atoms with Crippen LogP contribution in [-0.4, -0.2) is 44.1 Å². The fraction of sp³-hybridized carbons (Fsp3) is 1.00. The molecule has 0 aromatic carbocycles. The van der Waals surface area contributed by atoms with Gasteiger partial charge in [0.15, 0.2) is 6.29 Å². The van der Waals surface area contributed by atoms with E-state index in [1.165, 1.54) is 32.4 Å². The van der Waals surface area contributed by atoms with Crippen molar-refractivity contribution >= 4 is 0 Å². The molecular weight excluding hydrogens is 204 g/mol. The Morgan fingerprint density at radius 3 is 2.25 bits per heavy atom. The molecule has 1 saturated heterocycles. The van der Waals surface area contributed by atoms with E-state index in [2.05, 4.69) is 10.4 Å². The van der Waals surface area contributed by atoms with Crippen molar-refractivity contribution in [2.45, 2.75) is 45.8 Å². The van der Waals surface area contributed by atoms with E-state index in [0.717, 1.165) is 13.0 Å². The van der Waals surface area contributed by atoms with Crippen LogP contribution in [0.25, 0.3) is 0 Å². The molecule has 1 heterocycles. The highest BCUT2D eigenvalue weighted by Crippen LogP contribution is 2.06. The smallest absolute Gasteiger partial charge is 0.158 e. The maximum atomic E-state index is 5.49. The van der Waals surface area contributed by atoms with E-state index in [9.17, 15) is 0 Å². The Morgan fingerprint density at radius 2 is 1.69 bits per heavy atom. The molecule has 4 nitrogen and oxygen atoms in total. The first-order valence-corrected chi connectivity index (χ1v) is 6.58. The number of hydrogen-bond acceptors (Lipinski definition) is 4. The van der Waals surface area contributed by atoms with E-state index < -0.39 is 0 Å². The molecular formula is C12H26N2O2. The van der Waals surface area contributed by atoms with Gasteiger partial charge >= 0.3 is 0 Å². The van der Waals surface area contributed by atoms with E-state index in [1.54, 1.807) is 0 Å². The maximum absolute atomic E-state index is 5.49. The lowest BCUT2D eigenvalue weighted by atomic mass is 10.2. The van der Waals surface area contributed by atoms with Crippen molar-refractivity contribution in [1.82, 2.24) is 10.4 Å². The summed E-state index contributed by atoms with van der Waals surface area (Å²) in [6.45, 7) is 8.73. The molecule has 1 N–H and O–H groups in total. The van der Waals surface area contributed by atoms with Gasteiger partial charge in [-0.25, -0.2) is 5.01 Å². The van der Waals surface area contributed by atoms with Gasteiger partial charge in [0.2, 0.25) is 0 Å². The van der Waals surface area contributed by atoms with Gasteiger partial charge in [-0.15, -0.1) is 0 Å². The fourth-order valence-electron chi connectivity index (χ4n) is 1.98. The Bertz CT molecular complexity index is 155. The highest BCUT2D eigenvalue weighted by atomic mass is 16.7. The van der Waals surface area contributed by atoms with Crippen molar-refractivity contribution < 1.29 is 9.47 Å². The highest BCUT2D eigenvalue weighted by Gasteiger charge is 2.11. The number of ether oxygens (including phenoxy) is 2. The lowest BCUT2D eigenvalue weighted by Crippen LogP contribution is -2.43. The molecule has 0 spiro atoms. The largest absolute Gasteiger partial charge is 0.353 e. The Morgan fingerprint density at radius 1 is 1.06 bits per heavy atom. The molecule has 1 aliphatic heterocycles. The van der Waals surface area contributed by atoms with E-state index in [1.807, 2.05) is 13.8 Å². The normalized spacial score (nSPS) is 18.2. The first-order valence-electron chi connectivity index (χ1n) is 6.58. The molecule has 0 aromatic heterocycles. The lowest BCUT2D eigenvalue weighted by Gasteiger charge is -2.28. The zero-order valence-corrected chi connectivity index (χ0v) is 10.7. The predicted octanol–water partition coefficient (Wildman–Crippen LogP) is 1.77. The third-order valence-electron chi connectivity index (χ3n) is 2.78. The molecule has 0 radical (unpaired) electrons. The number of hydrazine groups is 1. The van der Waals surface area contributed by atoms with Crippen molar-refractivity contribution in [2.75, 3.05) is 32.8 Å².